The number of aromatic nitrogens is 2. The van der Waals surface area contributed by atoms with Gasteiger partial charge in [0.05, 0.1) is 23.7 Å². The Labute approximate surface area is 132 Å². The summed E-state index contributed by atoms with van der Waals surface area (Å²) >= 11 is 0. The number of morpholine rings is 1. The molecule has 0 unspecified atom stereocenters. The van der Waals surface area contributed by atoms with Gasteiger partial charge in [-0.25, -0.2) is 14.2 Å². The summed E-state index contributed by atoms with van der Waals surface area (Å²) in [5.74, 6) is 1.62. The van der Waals surface area contributed by atoms with E-state index in [-0.39, 0.29) is 5.75 Å². The van der Waals surface area contributed by atoms with Crippen LogP contribution in [0.3, 0.4) is 0 Å². The third-order valence-electron chi connectivity index (χ3n) is 4.76. The van der Waals surface area contributed by atoms with Gasteiger partial charge < -0.3 is 14.2 Å². The predicted octanol–water partition coefficient (Wildman–Crippen LogP) is 1.80. The second-order valence-corrected chi connectivity index (χ2v) is 11.1. The van der Waals surface area contributed by atoms with E-state index in [1.807, 2.05) is 13.0 Å². The standard InChI is InChI=1S/C15H27N3O3S/c1-6-22(5,19,20)15(3,4)13-11-14(17-12(2)16-13)18-7-9-21-10-8-18/h11H,6-10H2,1-5H3,(H,19,20). The Bertz CT molecular complexity index is 618. The molecule has 1 saturated heterocycles. The van der Waals surface area contributed by atoms with Crippen molar-refractivity contribution < 1.29 is 13.5 Å². The van der Waals surface area contributed by atoms with E-state index in [9.17, 15) is 8.76 Å². The quantitative estimate of drug-likeness (QED) is 0.908. The normalized spacial score (nSPS) is 18.8. The number of ether oxygens (including phenoxy) is 1. The van der Waals surface area contributed by atoms with Crippen LogP contribution >= 0.6 is 0 Å². The Morgan fingerprint density at radius 2 is 1.95 bits per heavy atom. The summed E-state index contributed by atoms with van der Waals surface area (Å²) in [5, 5.41) is 0. The fraction of sp³-hybridized carbons (Fsp3) is 0.733. The highest BCUT2D eigenvalue weighted by Gasteiger charge is 2.42. The summed E-state index contributed by atoms with van der Waals surface area (Å²) in [6.07, 6.45) is 1.45. The molecule has 1 fully saturated rings. The number of nitrogens with zero attached hydrogens (tertiary/aromatic N) is 3. The van der Waals surface area contributed by atoms with Crippen molar-refractivity contribution in [2.24, 2.45) is 0 Å². The number of anilines is 1. The first-order chi connectivity index (χ1) is 10.1. The zero-order chi connectivity index (χ0) is 16.6. The van der Waals surface area contributed by atoms with Crippen LogP contribution in [0.2, 0.25) is 0 Å². The molecule has 7 heteroatoms. The third-order valence-corrected chi connectivity index (χ3v) is 8.95. The van der Waals surface area contributed by atoms with Crippen molar-refractivity contribution in [2.75, 3.05) is 43.2 Å². The van der Waals surface area contributed by atoms with Crippen LogP contribution in [0.15, 0.2) is 6.07 Å². The summed E-state index contributed by atoms with van der Waals surface area (Å²) in [6, 6.07) is 1.85. The van der Waals surface area contributed by atoms with Crippen LogP contribution in [0.5, 0.6) is 0 Å². The summed E-state index contributed by atoms with van der Waals surface area (Å²) in [4.78, 5) is 11.1. The summed E-state index contributed by atoms with van der Waals surface area (Å²) in [5.41, 5.74) is 0.616. The molecule has 6 nitrogen and oxygen atoms in total. The average molecular weight is 329 g/mol. The molecule has 1 aromatic heterocycles. The van der Waals surface area contributed by atoms with Gasteiger partial charge in [0.1, 0.15) is 11.6 Å². The van der Waals surface area contributed by atoms with Gasteiger partial charge in [-0.15, -0.1) is 0 Å². The van der Waals surface area contributed by atoms with Crippen molar-refractivity contribution in [3.05, 3.63) is 17.6 Å². The number of hydrogen-bond acceptors (Lipinski definition) is 5. The largest absolute Gasteiger partial charge is 0.378 e. The average Bonchev–Trinajstić information content (AvgIpc) is 2.47. The molecule has 2 rings (SSSR count). The van der Waals surface area contributed by atoms with Crippen molar-refractivity contribution in [3.8, 4) is 0 Å². The lowest BCUT2D eigenvalue weighted by Crippen LogP contribution is -2.51. The Balaban J connectivity index is 2.48. The summed E-state index contributed by atoms with van der Waals surface area (Å²) < 4.78 is 28.2. The van der Waals surface area contributed by atoms with Crippen molar-refractivity contribution in [1.29, 1.82) is 0 Å². The van der Waals surface area contributed by atoms with Crippen LogP contribution in [-0.2, 0) is 18.8 Å². The molecule has 1 aliphatic heterocycles. The third kappa shape index (κ3) is 3.02. The van der Waals surface area contributed by atoms with Gasteiger partial charge in [0, 0.05) is 31.2 Å². The summed E-state index contributed by atoms with van der Waals surface area (Å²) in [7, 11) is -3.83. The first-order valence-corrected chi connectivity index (χ1v) is 10.1. The minimum absolute atomic E-state index is 0.195. The van der Waals surface area contributed by atoms with Gasteiger partial charge in [-0.05, 0) is 27.7 Å². The Kier molecular flexibility index (Phi) is 4.36. The predicted molar refractivity (Wildman–Crippen MR) is 90.1 cm³/mol. The number of rotatable bonds is 4. The molecule has 0 bridgehead atoms. The van der Waals surface area contributed by atoms with Crippen molar-refractivity contribution in [1.82, 2.24) is 9.97 Å². The highest BCUT2D eigenvalue weighted by Crippen LogP contribution is 2.42. The van der Waals surface area contributed by atoms with E-state index in [4.69, 9.17) is 4.74 Å². The Hall–Kier alpha value is -1.05. The minimum atomic E-state index is -3.83. The minimum Gasteiger partial charge on any atom is -0.378 e. The molecule has 1 N–H and O–H groups in total. The Morgan fingerprint density at radius 1 is 1.36 bits per heavy atom. The van der Waals surface area contributed by atoms with Gasteiger partial charge in [0.2, 0.25) is 0 Å². The van der Waals surface area contributed by atoms with Crippen LogP contribution < -0.4 is 4.90 Å². The Morgan fingerprint density at radius 3 is 2.50 bits per heavy atom. The molecule has 2 heterocycles. The molecule has 0 atom stereocenters. The molecular formula is C15H27N3O3S. The first-order valence-electron chi connectivity index (χ1n) is 7.61. The van der Waals surface area contributed by atoms with Gasteiger partial charge in [0.25, 0.3) is 0 Å². The first kappa shape index (κ1) is 17.3. The van der Waals surface area contributed by atoms with E-state index in [2.05, 4.69) is 14.9 Å². The lowest BCUT2D eigenvalue weighted by Gasteiger charge is -2.51. The van der Waals surface area contributed by atoms with E-state index in [0.717, 1.165) is 18.9 Å². The maximum absolute atomic E-state index is 13.0. The van der Waals surface area contributed by atoms with Crippen LogP contribution in [0.1, 0.15) is 32.3 Å². The second-order valence-electron chi connectivity index (χ2n) is 6.54. The molecule has 1 aliphatic rings. The van der Waals surface area contributed by atoms with Crippen LogP contribution in [-0.4, -0.2) is 57.0 Å². The molecule has 126 valence electrons. The zero-order valence-electron chi connectivity index (χ0n) is 14.1. The number of hydrogen-bond donors (Lipinski definition) is 1. The van der Waals surface area contributed by atoms with Crippen molar-refractivity contribution in [2.45, 2.75) is 32.4 Å². The lowest BCUT2D eigenvalue weighted by molar-refractivity contribution is 0.122. The molecule has 1 aromatic rings. The van der Waals surface area contributed by atoms with Gasteiger partial charge in [-0.2, -0.15) is 9.35 Å². The van der Waals surface area contributed by atoms with Gasteiger partial charge in [-0.3, -0.25) is 0 Å². The molecule has 0 amide bonds. The smallest absolute Gasteiger partial charge is 0.132 e. The molecule has 0 aromatic carbocycles. The van der Waals surface area contributed by atoms with E-state index in [1.54, 1.807) is 20.8 Å². The van der Waals surface area contributed by atoms with Crippen molar-refractivity contribution in [3.63, 3.8) is 0 Å². The molecule has 0 radical (unpaired) electrons. The zero-order valence-corrected chi connectivity index (χ0v) is 14.9. The van der Waals surface area contributed by atoms with Gasteiger partial charge in [0.15, 0.2) is 0 Å². The van der Waals surface area contributed by atoms with Crippen LogP contribution in [0, 0.1) is 6.92 Å². The lowest BCUT2D eigenvalue weighted by atomic mass is 10.1. The monoisotopic (exact) mass is 329 g/mol. The molecule has 0 saturated carbocycles. The SMILES string of the molecule is CCS(C)(=O)(O)C(C)(C)c1cc(N2CCOCC2)nc(C)n1. The second kappa shape index (κ2) is 5.54. The van der Waals surface area contributed by atoms with Gasteiger partial charge in [-0.1, -0.05) is 0 Å². The highest BCUT2D eigenvalue weighted by molar-refractivity contribution is 8.15. The van der Waals surface area contributed by atoms with E-state index >= 15 is 0 Å². The number of aryl methyl sites for hydroxylation is 1. The molecule has 22 heavy (non-hydrogen) atoms. The van der Waals surface area contributed by atoms with Gasteiger partial charge >= 0.3 is 0 Å². The summed E-state index contributed by atoms with van der Waals surface area (Å²) in [6.45, 7) is 10.0. The van der Waals surface area contributed by atoms with E-state index in [0.29, 0.717) is 24.7 Å². The fourth-order valence-corrected chi connectivity index (χ4v) is 3.81. The van der Waals surface area contributed by atoms with E-state index < -0.39 is 14.1 Å². The fourth-order valence-electron chi connectivity index (χ4n) is 2.44. The van der Waals surface area contributed by atoms with Crippen LogP contribution in [0.4, 0.5) is 5.82 Å². The maximum atomic E-state index is 13.0. The highest BCUT2D eigenvalue weighted by atomic mass is 32.3. The van der Waals surface area contributed by atoms with E-state index in [1.165, 1.54) is 6.26 Å². The van der Waals surface area contributed by atoms with Crippen molar-refractivity contribution >= 4 is 15.2 Å². The molecular weight excluding hydrogens is 302 g/mol. The molecule has 0 spiro atoms. The maximum Gasteiger partial charge on any atom is 0.132 e. The van der Waals surface area contributed by atoms with Crippen LogP contribution in [0.25, 0.3) is 0 Å². The molecule has 0 aliphatic carbocycles. The topological polar surface area (TPSA) is 75.5 Å².